The predicted octanol–water partition coefficient (Wildman–Crippen LogP) is 0.919. The van der Waals surface area contributed by atoms with Gasteiger partial charge in [0.25, 0.3) is 0 Å². The highest BCUT2D eigenvalue weighted by Gasteiger charge is 1.99. The smallest absolute Gasteiger partial charge is 0.260 e. The lowest BCUT2D eigenvalue weighted by Gasteiger charge is -2.00. The fourth-order valence-electron chi connectivity index (χ4n) is 1.21. The number of benzene rings is 1. The molecule has 6 nitrogen and oxygen atoms in total. The summed E-state index contributed by atoms with van der Waals surface area (Å²) in [7, 11) is 0. The summed E-state index contributed by atoms with van der Waals surface area (Å²) in [5, 5.41) is 9.99. The Kier molecular flexibility index (Phi) is 3.25. The average Bonchev–Trinajstić information content (AvgIpc) is 2.35. The molecule has 1 aromatic carbocycles. The Labute approximate surface area is 97.4 Å². The van der Waals surface area contributed by atoms with Gasteiger partial charge in [0.15, 0.2) is 5.82 Å². The first-order chi connectivity index (χ1) is 8.25. The van der Waals surface area contributed by atoms with E-state index in [1.807, 2.05) is 30.3 Å². The van der Waals surface area contributed by atoms with Crippen LogP contribution >= 0.6 is 0 Å². The quantitative estimate of drug-likeness (QED) is 0.605. The van der Waals surface area contributed by atoms with Gasteiger partial charge in [-0.15, -0.1) is 0 Å². The number of H-pyrrole nitrogens is 1. The molecule has 0 aliphatic heterocycles. The van der Waals surface area contributed by atoms with Crippen molar-refractivity contribution < 1.29 is 0 Å². The molecule has 86 valence electrons. The summed E-state index contributed by atoms with van der Waals surface area (Å²) in [5.74, 6) is 0.348. The Morgan fingerprint density at radius 1 is 1.35 bits per heavy atom. The number of hydrogen-bond donors (Lipinski definition) is 2. The molecule has 0 aliphatic carbocycles. The lowest BCUT2D eigenvalue weighted by atomic mass is 10.2. The van der Waals surface area contributed by atoms with Crippen LogP contribution in [0.15, 0.2) is 40.2 Å². The highest BCUT2D eigenvalue weighted by molar-refractivity contribution is 5.79. The van der Waals surface area contributed by atoms with E-state index in [1.54, 1.807) is 13.1 Å². The topological polar surface area (TPSA) is 83.0 Å². The van der Waals surface area contributed by atoms with E-state index in [-0.39, 0.29) is 0 Å². The molecule has 0 amide bonds. The maximum Gasteiger partial charge on any atom is 0.363 e. The minimum atomic E-state index is -0.506. The minimum absolute atomic E-state index is 0.348. The maximum absolute atomic E-state index is 11.0. The van der Waals surface area contributed by atoms with Gasteiger partial charge in [-0.2, -0.15) is 15.2 Å². The number of aryl methyl sites for hydroxylation is 1. The van der Waals surface area contributed by atoms with Crippen molar-refractivity contribution in [1.82, 2.24) is 15.2 Å². The molecule has 0 saturated heterocycles. The zero-order chi connectivity index (χ0) is 12.1. The first kappa shape index (κ1) is 11.0. The van der Waals surface area contributed by atoms with Crippen LogP contribution in [0.5, 0.6) is 0 Å². The van der Waals surface area contributed by atoms with Crippen molar-refractivity contribution in [2.75, 3.05) is 5.43 Å². The normalized spacial score (nSPS) is 10.6. The first-order valence-electron chi connectivity index (χ1n) is 5.03. The van der Waals surface area contributed by atoms with Gasteiger partial charge in [-0.3, -0.25) is 5.43 Å². The third-order valence-electron chi connectivity index (χ3n) is 2.06. The zero-order valence-corrected chi connectivity index (χ0v) is 9.21. The van der Waals surface area contributed by atoms with Crippen LogP contribution in [0.3, 0.4) is 0 Å². The highest BCUT2D eigenvalue weighted by atomic mass is 16.1. The van der Waals surface area contributed by atoms with Crippen molar-refractivity contribution in [2.45, 2.75) is 6.92 Å². The fourth-order valence-corrected chi connectivity index (χ4v) is 1.21. The van der Waals surface area contributed by atoms with E-state index >= 15 is 0 Å². The van der Waals surface area contributed by atoms with Gasteiger partial charge in [0, 0.05) is 0 Å². The van der Waals surface area contributed by atoms with Crippen LogP contribution in [0.4, 0.5) is 5.82 Å². The van der Waals surface area contributed by atoms with Gasteiger partial charge < -0.3 is 0 Å². The van der Waals surface area contributed by atoms with Crippen LogP contribution in [-0.4, -0.2) is 21.4 Å². The van der Waals surface area contributed by atoms with E-state index in [0.717, 1.165) is 5.56 Å². The van der Waals surface area contributed by atoms with Crippen molar-refractivity contribution in [3.05, 3.63) is 52.1 Å². The van der Waals surface area contributed by atoms with Crippen molar-refractivity contribution in [3.63, 3.8) is 0 Å². The second-order valence-electron chi connectivity index (χ2n) is 3.36. The summed E-state index contributed by atoms with van der Waals surface area (Å²) in [6.07, 6.45) is 1.64. The molecule has 2 aromatic rings. The van der Waals surface area contributed by atoms with Crippen molar-refractivity contribution in [2.24, 2.45) is 5.10 Å². The number of hydrazone groups is 1. The van der Waals surface area contributed by atoms with Gasteiger partial charge in [-0.25, -0.2) is 9.89 Å². The zero-order valence-electron chi connectivity index (χ0n) is 9.21. The van der Waals surface area contributed by atoms with Gasteiger partial charge in [0.1, 0.15) is 5.69 Å². The van der Waals surface area contributed by atoms with Crippen LogP contribution in [0.2, 0.25) is 0 Å². The van der Waals surface area contributed by atoms with E-state index < -0.39 is 5.69 Å². The summed E-state index contributed by atoms with van der Waals surface area (Å²) in [6.45, 7) is 1.73. The molecule has 0 bridgehead atoms. The van der Waals surface area contributed by atoms with E-state index in [2.05, 4.69) is 25.7 Å². The summed E-state index contributed by atoms with van der Waals surface area (Å²) in [5.41, 5.74) is 3.70. The number of rotatable bonds is 3. The fraction of sp³-hybridized carbons (Fsp3) is 0.0909. The van der Waals surface area contributed by atoms with Gasteiger partial charge in [-0.1, -0.05) is 30.3 Å². The lowest BCUT2D eigenvalue weighted by Crippen LogP contribution is -2.15. The van der Waals surface area contributed by atoms with Crippen molar-refractivity contribution in [1.29, 1.82) is 0 Å². The predicted molar refractivity (Wildman–Crippen MR) is 65.0 cm³/mol. The molecule has 17 heavy (non-hydrogen) atoms. The molecule has 2 N–H and O–H groups in total. The highest BCUT2D eigenvalue weighted by Crippen LogP contribution is 2.02. The Hall–Kier alpha value is -2.50. The number of nitrogens with zero attached hydrogens (tertiary/aromatic N) is 3. The molecule has 0 fully saturated rings. The summed E-state index contributed by atoms with van der Waals surface area (Å²) < 4.78 is 0. The third-order valence-corrected chi connectivity index (χ3v) is 2.06. The molecule has 1 aromatic heterocycles. The molecule has 0 saturated carbocycles. The SMILES string of the molecule is Cc1n[nH]c(=O)nc1N/N=C/c1ccccc1. The Morgan fingerprint density at radius 2 is 2.12 bits per heavy atom. The van der Waals surface area contributed by atoms with Crippen LogP contribution in [0.25, 0.3) is 0 Å². The Balaban J connectivity index is 2.10. The number of nitrogens with one attached hydrogen (secondary N) is 2. The van der Waals surface area contributed by atoms with E-state index in [9.17, 15) is 4.79 Å². The standard InChI is InChI=1S/C11H11N5O/c1-8-10(13-11(17)16-14-8)15-12-7-9-5-3-2-4-6-9/h2-7H,1H3,(H2,13,15,16,17)/b12-7+. The van der Waals surface area contributed by atoms with Crippen LogP contribution in [0, 0.1) is 6.92 Å². The van der Waals surface area contributed by atoms with Gasteiger partial charge in [0.2, 0.25) is 0 Å². The molecule has 0 unspecified atom stereocenters. The molecule has 0 spiro atoms. The van der Waals surface area contributed by atoms with Gasteiger partial charge >= 0.3 is 5.69 Å². The van der Waals surface area contributed by atoms with Gasteiger partial charge in [-0.05, 0) is 12.5 Å². The molecule has 0 atom stereocenters. The number of aromatic amines is 1. The molecule has 2 rings (SSSR count). The second kappa shape index (κ2) is 5.02. The number of hydrogen-bond acceptors (Lipinski definition) is 5. The maximum atomic E-state index is 11.0. The molecule has 6 heteroatoms. The summed E-state index contributed by atoms with van der Waals surface area (Å²) in [6, 6.07) is 9.60. The van der Waals surface area contributed by atoms with Crippen molar-refractivity contribution in [3.8, 4) is 0 Å². The van der Waals surface area contributed by atoms with Crippen LogP contribution < -0.4 is 11.1 Å². The van der Waals surface area contributed by atoms with E-state index in [1.165, 1.54) is 0 Å². The Morgan fingerprint density at radius 3 is 2.88 bits per heavy atom. The number of anilines is 1. The molecular weight excluding hydrogens is 218 g/mol. The van der Waals surface area contributed by atoms with Crippen LogP contribution in [0.1, 0.15) is 11.3 Å². The van der Waals surface area contributed by atoms with E-state index in [0.29, 0.717) is 11.5 Å². The number of aromatic nitrogens is 3. The second-order valence-corrected chi connectivity index (χ2v) is 3.36. The van der Waals surface area contributed by atoms with Crippen LogP contribution in [-0.2, 0) is 0 Å². The van der Waals surface area contributed by atoms with E-state index in [4.69, 9.17) is 0 Å². The first-order valence-corrected chi connectivity index (χ1v) is 5.03. The lowest BCUT2D eigenvalue weighted by molar-refractivity contribution is 0.879. The summed E-state index contributed by atoms with van der Waals surface area (Å²) in [4.78, 5) is 14.7. The third kappa shape index (κ3) is 2.97. The van der Waals surface area contributed by atoms with Gasteiger partial charge in [0.05, 0.1) is 6.21 Å². The van der Waals surface area contributed by atoms with Crippen molar-refractivity contribution >= 4 is 12.0 Å². The monoisotopic (exact) mass is 229 g/mol. The average molecular weight is 229 g/mol. The summed E-state index contributed by atoms with van der Waals surface area (Å²) >= 11 is 0. The largest absolute Gasteiger partial charge is 0.363 e. The minimum Gasteiger partial charge on any atom is -0.260 e. The molecule has 0 radical (unpaired) electrons. The molecular formula is C11H11N5O. The molecule has 1 heterocycles. The molecule has 0 aliphatic rings. The Bertz CT molecular complexity index is 576.